The van der Waals surface area contributed by atoms with Crippen molar-refractivity contribution in [2.45, 2.75) is 26.6 Å². The number of hydrogen-bond donors (Lipinski definition) is 0. The fraction of sp³-hybridized carbons (Fsp3) is 0.133. The Bertz CT molecular complexity index is 1690. The Labute approximate surface area is 225 Å². The number of aromatic nitrogens is 2. The molecule has 0 fully saturated rings. The molecule has 0 spiro atoms. The molecular formula is C30H26IrN2S-2. The summed E-state index contributed by atoms with van der Waals surface area (Å²) in [5, 5.41) is 2.33. The second kappa shape index (κ2) is 11.0. The average molecular weight is 644 g/mol. The summed E-state index contributed by atoms with van der Waals surface area (Å²) in [4.78, 5) is 8.55. The van der Waals surface area contributed by atoms with E-state index in [0.717, 1.165) is 33.9 Å². The van der Waals surface area contributed by atoms with Crippen LogP contribution in [0.3, 0.4) is 0 Å². The van der Waals surface area contributed by atoms with Crippen LogP contribution < -0.4 is 9.75 Å². The molecule has 1 radical (unpaired) electrons. The first-order chi connectivity index (χ1) is 18.3. The minimum absolute atomic E-state index is 0. The van der Waals surface area contributed by atoms with Crippen LogP contribution in [0, 0.1) is 26.6 Å². The van der Waals surface area contributed by atoms with Gasteiger partial charge in [0.2, 0.25) is 0 Å². The fourth-order valence-corrected chi connectivity index (χ4v) is 5.28. The quantitative estimate of drug-likeness (QED) is 0.246. The third kappa shape index (κ3) is 5.10. The minimum Gasteiger partial charge on any atom is -0.321 e. The van der Waals surface area contributed by atoms with Gasteiger partial charge in [0, 0.05) is 41.3 Å². The van der Waals surface area contributed by atoms with Crippen molar-refractivity contribution >= 4 is 38.6 Å². The van der Waals surface area contributed by atoms with Crippen molar-refractivity contribution in [1.82, 2.24) is 9.97 Å². The van der Waals surface area contributed by atoms with Gasteiger partial charge in [-0.25, -0.2) is 11.3 Å². The van der Waals surface area contributed by atoms with Crippen molar-refractivity contribution in [3.05, 3.63) is 124 Å². The molecule has 0 N–H and O–H groups in total. The van der Waals surface area contributed by atoms with Gasteiger partial charge in [0.1, 0.15) is 0 Å². The van der Waals surface area contributed by atoms with Crippen LogP contribution in [-0.2, 0) is 20.1 Å². The van der Waals surface area contributed by atoms with E-state index in [0.29, 0.717) is 5.69 Å². The molecule has 3 aromatic heterocycles. The van der Waals surface area contributed by atoms with Crippen molar-refractivity contribution < 1.29 is 27.0 Å². The van der Waals surface area contributed by atoms with Gasteiger partial charge in [-0.2, -0.15) is 24.5 Å². The van der Waals surface area contributed by atoms with E-state index in [1.807, 2.05) is 36.9 Å². The topological polar surface area (TPSA) is 25.8 Å². The van der Waals surface area contributed by atoms with Crippen molar-refractivity contribution in [2.75, 3.05) is 0 Å². The zero-order chi connectivity index (χ0) is 26.9. The predicted octanol–water partition coefficient (Wildman–Crippen LogP) is 6.13. The van der Waals surface area contributed by atoms with Gasteiger partial charge in [-0.15, -0.1) is 17.7 Å². The third-order valence-electron chi connectivity index (χ3n) is 5.58. The zero-order valence-corrected chi connectivity index (χ0v) is 21.8. The van der Waals surface area contributed by atoms with Gasteiger partial charge in [-0.3, -0.25) is 0 Å². The Kier molecular flexibility index (Phi) is 5.97. The number of allylic oxidation sites excluding steroid dienone is 4. The third-order valence-corrected chi connectivity index (χ3v) is 6.97. The molecule has 0 saturated carbocycles. The van der Waals surface area contributed by atoms with Crippen LogP contribution in [0.1, 0.15) is 42.2 Å². The minimum atomic E-state index is -2.44. The smallest absolute Gasteiger partial charge is 0.0616 e. The van der Waals surface area contributed by atoms with Crippen LogP contribution >= 0.6 is 11.3 Å². The molecule has 0 unspecified atom stereocenters. The standard InChI is InChI=1S/C19H16NS.C11H10N.Ir/c1-12-9-10-17(20-11-12)16-8-4-7-15-14-6-3-5-13(2)18(14)21-19(15)16;1-2-6-10(7-3-1)11-8-4-5-9-12-11;/h3,5-11H,4H2,1-2H3;1-2,4-9H,3H2;/q2*-1;/i1D3,9D,10D;;. The fourth-order valence-electron chi connectivity index (χ4n) is 3.97. The van der Waals surface area contributed by atoms with Gasteiger partial charge in [-0.1, -0.05) is 71.1 Å². The number of nitrogens with zero attached hydrogens (tertiary/aromatic N) is 2. The number of hydrogen-bond acceptors (Lipinski definition) is 3. The maximum absolute atomic E-state index is 8.32. The van der Waals surface area contributed by atoms with E-state index in [9.17, 15) is 0 Å². The van der Waals surface area contributed by atoms with E-state index in [4.69, 9.17) is 6.85 Å². The van der Waals surface area contributed by atoms with E-state index in [1.54, 1.807) is 11.3 Å². The van der Waals surface area contributed by atoms with Crippen LogP contribution in [0.5, 0.6) is 0 Å². The number of rotatable bonds is 2. The van der Waals surface area contributed by atoms with Crippen molar-refractivity contribution in [3.8, 4) is 0 Å². The monoisotopic (exact) mass is 644 g/mol. The second-order valence-electron chi connectivity index (χ2n) is 7.83. The summed E-state index contributed by atoms with van der Waals surface area (Å²) in [7, 11) is 0. The molecule has 6 rings (SSSR count). The zero-order valence-electron chi connectivity index (χ0n) is 23.6. The van der Waals surface area contributed by atoms with Gasteiger partial charge >= 0.3 is 0 Å². The summed E-state index contributed by atoms with van der Waals surface area (Å²) in [5.41, 5.74) is 4.49. The van der Waals surface area contributed by atoms with Crippen LogP contribution in [0.4, 0.5) is 0 Å². The van der Waals surface area contributed by atoms with Gasteiger partial charge < -0.3 is 9.97 Å². The molecule has 2 aliphatic rings. The normalized spacial score (nSPS) is 16.3. The van der Waals surface area contributed by atoms with Crippen LogP contribution in [0.25, 0.3) is 27.3 Å². The van der Waals surface area contributed by atoms with Gasteiger partial charge in [0.15, 0.2) is 0 Å². The Morgan fingerprint density at radius 2 is 1.97 bits per heavy atom. The molecule has 34 heavy (non-hydrogen) atoms. The molecule has 4 heteroatoms. The molecule has 4 aromatic rings. The SMILES string of the molecule is C1=CC[CH-]C(c2ccccn2)=C1.[2H]c1c(C([2H])([2H])[2H])cnc(C2=c3sc4c(C)cccc4c3=CC[CH-]2)c1[2H].[Ir]. The Morgan fingerprint density at radius 3 is 2.76 bits per heavy atom. The van der Waals surface area contributed by atoms with E-state index in [1.165, 1.54) is 27.4 Å². The molecule has 0 atom stereocenters. The molecule has 0 bridgehead atoms. The summed E-state index contributed by atoms with van der Waals surface area (Å²) in [5.74, 6) is 0. The first-order valence-corrected chi connectivity index (χ1v) is 11.7. The summed E-state index contributed by atoms with van der Waals surface area (Å²) >= 11 is 1.66. The Hall–Kier alpha value is -2.91. The summed E-state index contributed by atoms with van der Waals surface area (Å²) in [6, 6.07) is 11.8. The molecule has 173 valence electrons. The van der Waals surface area contributed by atoms with E-state index in [-0.39, 0.29) is 37.8 Å². The van der Waals surface area contributed by atoms with Gasteiger partial charge in [-0.05, 0) is 47.7 Å². The molecule has 0 saturated heterocycles. The van der Waals surface area contributed by atoms with E-state index < -0.39 is 6.85 Å². The van der Waals surface area contributed by atoms with Crippen LogP contribution in [0.15, 0.2) is 79.1 Å². The summed E-state index contributed by atoms with van der Waals surface area (Å²) in [6.45, 7) is -0.359. The van der Waals surface area contributed by atoms with Crippen molar-refractivity contribution in [2.24, 2.45) is 0 Å². The van der Waals surface area contributed by atoms with E-state index >= 15 is 0 Å². The van der Waals surface area contributed by atoms with Gasteiger partial charge in [0.25, 0.3) is 0 Å². The molecular weight excluding hydrogens is 613 g/mol. The predicted molar refractivity (Wildman–Crippen MR) is 141 cm³/mol. The second-order valence-corrected chi connectivity index (χ2v) is 8.85. The van der Waals surface area contributed by atoms with E-state index in [2.05, 4.69) is 59.7 Å². The number of fused-ring (bicyclic) bond motifs is 3. The molecule has 0 aliphatic heterocycles. The number of thiophene rings is 1. The van der Waals surface area contributed by atoms with Crippen LogP contribution in [-0.4, -0.2) is 9.97 Å². The Morgan fingerprint density at radius 1 is 1.03 bits per heavy atom. The average Bonchev–Trinajstić information content (AvgIpc) is 3.31. The first kappa shape index (κ1) is 18.4. The number of aryl methyl sites for hydroxylation is 2. The molecule has 2 aliphatic carbocycles. The largest absolute Gasteiger partial charge is 0.321 e. The summed E-state index contributed by atoms with van der Waals surface area (Å²) < 4.78 is 41.2. The number of pyridine rings is 2. The summed E-state index contributed by atoms with van der Waals surface area (Å²) in [6.07, 6.45) is 17.4. The van der Waals surface area contributed by atoms with Crippen molar-refractivity contribution in [3.63, 3.8) is 0 Å². The maximum atomic E-state index is 8.32. The Balaban J connectivity index is 0.000000228. The molecule has 3 heterocycles. The van der Waals surface area contributed by atoms with Crippen LogP contribution in [0.2, 0.25) is 0 Å². The van der Waals surface area contributed by atoms with Crippen molar-refractivity contribution in [1.29, 1.82) is 0 Å². The maximum Gasteiger partial charge on any atom is 0.0616 e. The molecule has 2 nitrogen and oxygen atoms in total. The first-order valence-electron chi connectivity index (χ1n) is 13.4. The molecule has 1 aromatic carbocycles. The molecule has 0 amide bonds. The number of benzene rings is 1. The van der Waals surface area contributed by atoms with Gasteiger partial charge in [0.05, 0.1) is 2.74 Å².